The van der Waals surface area contributed by atoms with Gasteiger partial charge in [-0.3, -0.25) is 9.69 Å². The Morgan fingerprint density at radius 2 is 1.79 bits per heavy atom. The second kappa shape index (κ2) is 13.4. The summed E-state index contributed by atoms with van der Waals surface area (Å²) in [6, 6.07) is 9.28. The van der Waals surface area contributed by atoms with E-state index in [1.165, 1.54) is 12.1 Å². The quantitative estimate of drug-likeness (QED) is 0.430. The minimum absolute atomic E-state index is 0.126. The topological polar surface area (TPSA) is 68.0 Å². The Bertz CT molecular complexity index is 1160. The van der Waals surface area contributed by atoms with Gasteiger partial charge in [0, 0.05) is 48.9 Å². The van der Waals surface area contributed by atoms with Crippen LogP contribution in [0.3, 0.4) is 0 Å². The highest BCUT2D eigenvalue weighted by Gasteiger charge is 2.31. The second-order valence-corrected chi connectivity index (χ2v) is 11.0. The second-order valence-electron chi connectivity index (χ2n) is 11.0. The Morgan fingerprint density at radius 1 is 1.05 bits per heavy atom. The van der Waals surface area contributed by atoms with Gasteiger partial charge in [-0.15, -0.1) is 0 Å². The zero-order valence-corrected chi connectivity index (χ0v) is 23.3. The Kier molecular flexibility index (Phi) is 9.97. The highest BCUT2D eigenvalue weighted by molar-refractivity contribution is 5.95. The van der Waals surface area contributed by atoms with Gasteiger partial charge in [-0.1, -0.05) is 11.6 Å². The van der Waals surface area contributed by atoms with E-state index in [-0.39, 0.29) is 11.9 Å². The summed E-state index contributed by atoms with van der Waals surface area (Å²) >= 11 is 0. The summed E-state index contributed by atoms with van der Waals surface area (Å²) in [6.45, 7) is 4.82. The Morgan fingerprint density at radius 3 is 2.49 bits per heavy atom. The predicted molar refractivity (Wildman–Crippen MR) is 150 cm³/mol. The van der Waals surface area contributed by atoms with Gasteiger partial charge in [0.05, 0.1) is 14.2 Å². The van der Waals surface area contributed by atoms with Gasteiger partial charge in [0.15, 0.2) is 11.5 Å². The molecule has 0 spiro atoms. The van der Waals surface area contributed by atoms with Crippen molar-refractivity contribution in [2.24, 2.45) is 11.7 Å². The molecule has 1 atom stereocenters. The monoisotopic (exact) mass is 541 g/mol. The average molecular weight is 542 g/mol. The summed E-state index contributed by atoms with van der Waals surface area (Å²) in [7, 11) is 3.10. The molecule has 0 aromatic heterocycles. The molecule has 4 rings (SSSR count). The number of carbonyl (C=O) groups is 1. The molecule has 2 fully saturated rings. The van der Waals surface area contributed by atoms with E-state index in [1.54, 1.807) is 38.5 Å². The first-order valence-corrected chi connectivity index (χ1v) is 13.9. The first-order valence-electron chi connectivity index (χ1n) is 13.9. The molecule has 6 nitrogen and oxygen atoms in total. The smallest absolute Gasteiger partial charge is 0.254 e. The number of rotatable bonds is 10. The van der Waals surface area contributed by atoms with Crippen LogP contribution in [0.25, 0.3) is 6.08 Å². The van der Waals surface area contributed by atoms with Crippen molar-refractivity contribution in [3.8, 4) is 11.5 Å². The van der Waals surface area contributed by atoms with Gasteiger partial charge in [-0.05, 0) is 88.2 Å². The molecule has 1 amide bonds. The van der Waals surface area contributed by atoms with Crippen LogP contribution in [0.2, 0.25) is 0 Å². The highest BCUT2D eigenvalue weighted by atomic mass is 19.1. The van der Waals surface area contributed by atoms with Crippen LogP contribution in [0, 0.1) is 17.6 Å². The van der Waals surface area contributed by atoms with E-state index in [0.29, 0.717) is 47.7 Å². The van der Waals surface area contributed by atoms with Gasteiger partial charge < -0.3 is 20.1 Å². The standard InChI is InChI=1S/C31H41F2N3O3/c1-21(15-23-8-10-25(32)17-28(23)33)18-36(31(37)24-9-13-29(38-2)30(16-24)39-3)20-27-5-4-14-35(27)19-22-6-11-26(34)12-7-22/h8-10,13,15-17,22,26-27H,4-7,11-12,14,18-20,34H2,1-3H3/b21-15+/t22-,26+,27-/m0/s1. The zero-order valence-electron chi connectivity index (χ0n) is 23.3. The summed E-state index contributed by atoms with van der Waals surface area (Å²) in [6.07, 6.45) is 8.28. The fraction of sp³-hybridized carbons (Fsp3) is 0.516. The normalized spacial score (nSPS) is 22.1. The van der Waals surface area contributed by atoms with E-state index < -0.39 is 11.6 Å². The van der Waals surface area contributed by atoms with E-state index >= 15 is 0 Å². The van der Waals surface area contributed by atoms with E-state index in [4.69, 9.17) is 15.2 Å². The SMILES string of the molecule is COc1ccc(C(=O)N(C/C(C)=C/c2ccc(F)cc2F)C[C@@H]2CCCN2C[C@H]2CC[C@@H](N)CC2)cc1OC. The Hall–Kier alpha value is -2.97. The highest BCUT2D eigenvalue weighted by Crippen LogP contribution is 2.30. The lowest BCUT2D eigenvalue weighted by Gasteiger charge is -2.35. The molecule has 0 bridgehead atoms. The molecule has 2 aromatic carbocycles. The molecule has 2 N–H and O–H groups in total. The van der Waals surface area contributed by atoms with Crippen LogP contribution in [0.5, 0.6) is 11.5 Å². The molecule has 39 heavy (non-hydrogen) atoms. The maximum atomic E-state index is 14.3. The van der Waals surface area contributed by atoms with E-state index in [2.05, 4.69) is 4.90 Å². The van der Waals surface area contributed by atoms with Crippen LogP contribution >= 0.6 is 0 Å². The van der Waals surface area contributed by atoms with Crippen LogP contribution < -0.4 is 15.2 Å². The maximum Gasteiger partial charge on any atom is 0.254 e. The summed E-state index contributed by atoms with van der Waals surface area (Å²) in [4.78, 5) is 18.3. The first kappa shape index (κ1) is 29.0. The third kappa shape index (κ3) is 7.57. The Balaban J connectivity index is 1.55. The van der Waals surface area contributed by atoms with Crippen molar-refractivity contribution >= 4 is 12.0 Å². The molecule has 8 heteroatoms. The van der Waals surface area contributed by atoms with Crippen LogP contribution in [-0.4, -0.2) is 68.2 Å². The maximum absolute atomic E-state index is 14.3. The van der Waals surface area contributed by atoms with Gasteiger partial charge in [-0.25, -0.2) is 8.78 Å². The third-order valence-corrected chi connectivity index (χ3v) is 8.04. The van der Waals surface area contributed by atoms with Crippen LogP contribution in [0.4, 0.5) is 8.78 Å². The van der Waals surface area contributed by atoms with Crippen molar-refractivity contribution in [2.75, 3.05) is 40.4 Å². The van der Waals surface area contributed by atoms with Gasteiger partial charge in [0.2, 0.25) is 0 Å². The number of benzene rings is 2. The number of nitrogens with two attached hydrogens (primary N) is 1. The fourth-order valence-corrected chi connectivity index (χ4v) is 5.90. The van der Waals surface area contributed by atoms with Gasteiger partial charge in [0.25, 0.3) is 5.91 Å². The summed E-state index contributed by atoms with van der Waals surface area (Å²) in [5.74, 6) is 0.317. The molecule has 1 heterocycles. The molecule has 1 saturated heterocycles. The number of methoxy groups -OCH3 is 2. The molecule has 2 aliphatic rings. The number of halogens is 2. The van der Waals surface area contributed by atoms with Crippen LogP contribution in [0.15, 0.2) is 42.0 Å². The molecular formula is C31H41F2N3O3. The fourth-order valence-electron chi connectivity index (χ4n) is 5.90. The first-order chi connectivity index (χ1) is 18.8. The molecule has 1 saturated carbocycles. The van der Waals surface area contributed by atoms with Crippen molar-refractivity contribution in [1.82, 2.24) is 9.80 Å². The number of ether oxygens (including phenoxy) is 2. The number of likely N-dealkylation sites (tertiary alicyclic amines) is 1. The van der Waals surface area contributed by atoms with Gasteiger partial charge in [-0.2, -0.15) is 0 Å². The number of hydrogen-bond donors (Lipinski definition) is 1. The van der Waals surface area contributed by atoms with E-state index in [1.807, 2.05) is 11.8 Å². The lowest BCUT2D eigenvalue weighted by Crippen LogP contribution is -2.45. The molecule has 0 radical (unpaired) electrons. The number of amides is 1. The van der Waals surface area contributed by atoms with Crippen molar-refractivity contribution < 1.29 is 23.0 Å². The molecular weight excluding hydrogens is 500 g/mol. The van der Waals surface area contributed by atoms with Crippen LogP contribution in [0.1, 0.15) is 61.4 Å². The zero-order chi connectivity index (χ0) is 27.9. The van der Waals surface area contributed by atoms with Crippen LogP contribution in [-0.2, 0) is 0 Å². The molecule has 2 aromatic rings. The van der Waals surface area contributed by atoms with E-state index in [0.717, 1.165) is 63.3 Å². The lowest BCUT2D eigenvalue weighted by atomic mass is 9.86. The van der Waals surface area contributed by atoms with Crippen molar-refractivity contribution in [2.45, 2.75) is 57.5 Å². The largest absolute Gasteiger partial charge is 0.493 e. The summed E-state index contributed by atoms with van der Waals surface area (Å²) in [5.41, 5.74) is 7.72. The van der Waals surface area contributed by atoms with Crippen molar-refractivity contribution in [1.29, 1.82) is 0 Å². The van der Waals surface area contributed by atoms with Crippen molar-refractivity contribution in [3.05, 3.63) is 64.7 Å². The molecule has 1 aliphatic heterocycles. The van der Waals surface area contributed by atoms with Gasteiger partial charge >= 0.3 is 0 Å². The summed E-state index contributed by atoms with van der Waals surface area (Å²) < 4.78 is 38.5. The average Bonchev–Trinajstić information content (AvgIpc) is 3.36. The van der Waals surface area contributed by atoms with E-state index in [9.17, 15) is 13.6 Å². The number of nitrogens with zero attached hydrogens (tertiary/aromatic N) is 2. The lowest BCUT2D eigenvalue weighted by molar-refractivity contribution is 0.0708. The molecule has 212 valence electrons. The minimum Gasteiger partial charge on any atom is -0.493 e. The van der Waals surface area contributed by atoms with Crippen molar-refractivity contribution in [3.63, 3.8) is 0 Å². The predicted octanol–water partition coefficient (Wildman–Crippen LogP) is 5.51. The minimum atomic E-state index is -0.624. The number of carbonyl (C=O) groups excluding carboxylic acids is 1. The summed E-state index contributed by atoms with van der Waals surface area (Å²) in [5, 5.41) is 0. The third-order valence-electron chi connectivity index (χ3n) is 8.04. The molecule has 0 unspecified atom stereocenters. The van der Waals surface area contributed by atoms with Gasteiger partial charge in [0.1, 0.15) is 11.6 Å². The Labute approximate surface area is 230 Å². The number of hydrogen-bond acceptors (Lipinski definition) is 5. The molecule has 1 aliphatic carbocycles.